The van der Waals surface area contributed by atoms with E-state index in [9.17, 15) is 0 Å². The lowest BCUT2D eigenvalue weighted by Crippen LogP contribution is -2.27. The first-order chi connectivity index (χ1) is 8.35. The number of rotatable bonds is 6. The van der Waals surface area contributed by atoms with Crippen molar-refractivity contribution in [3.05, 3.63) is 24.4 Å². The van der Waals surface area contributed by atoms with Crippen LogP contribution in [0.5, 0.6) is 0 Å². The highest BCUT2D eigenvalue weighted by Crippen LogP contribution is 2.18. The van der Waals surface area contributed by atoms with Gasteiger partial charge in [-0.2, -0.15) is 0 Å². The van der Waals surface area contributed by atoms with Crippen molar-refractivity contribution < 1.29 is 0 Å². The van der Waals surface area contributed by atoms with Crippen molar-refractivity contribution >= 4 is 17.4 Å². The summed E-state index contributed by atoms with van der Waals surface area (Å²) in [6, 6.07) is 6.49. The standard InChI is InChI=1S/C12H18N4S/c1-3-6-10(13-2)9-17-12-15-14-11-7-4-5-8-16(11)12/h4-5,7-8,10,13H,3,6,9H2,1-2H3. The smallest absolute Gasteiger partial charge is 0.195 e. The van der Waals surface area contributed by atoms with Crippen molar-refractivity contribution in [3.8, 4) is 0 Å². The number of aromatic nitrogens is 3. The summed E-state index contributed by atoms with van der Waals surface area (Å²) in [7, 11) is 2.02. The van der Waals surface area contributed by atoms with Crippen LogP contribution in [0.4, 0.5) is 0 Å². The Kier molecular flexibility index (Phi) is 4.39. The Morgan fingerprint density at radius 3 is 3.06 bits per heavy atom. The summed E-state index contributed by atoms with van der Waals surface area (Å²) in [6.07, 6.45) is 4.40. The van der Waals surface area contributed by atoms with Gasteiger partial charge >= 0.3 is 0 Å². The van der Waals surface area contributed by atoms with Crippen molar-refractivity contribution in [1.82, 2.24) is 19.9 Å². The molecule has 0 bridgehead atoms. The monoisotopic (exact) mass is 250 g/mol. The molecule has 17 heavy (non-hydrogen) atoms. The van der Waals surface area contributed by atoms with E-state index in [0.29, 0.717) is 6.04 Å². The first-order valence-electron chi connectivity index (χ1n) is 5.95. The Morgan fingerprint density at radius 1 is 1.41 bits per heavy atom. The van der Waals surface area contributed by atoms with Crippen LogP contribution in [0.2, 0.25) is 0 Å². The molecule has 0 aliphatic rings. The van der Waals surface area contributed by atoms with Gasteiger partial charge in [0.25, 0.3) is 0 Å². The summed E-state index contributed by atoms with van der Waals surface area (Å²) in [4.78, 5) is 0. The third kappa shape index (κ3) is 2.98. The highest BCUT2D eigenvalue weighted by molar-refractivity contribution is 7.99. The van der Waals surface area contributed by atoms with E-state index in [2.05, 4.69) is 22.4 Å². The Bertz CT molecular complexity index is 468. The van der Waals surface area contributed by atoms with Crippen LogP contribution < -0.4 is 5.32 Å². The summed E-state index contributed by atoms with van der Waals surface area (Å²) in [6.45, 7) is 2.21. The summed E-state index contributed by atoms with van der Waals surface area (Å²) < 4.78 is 2.03. The van der Waals surface area contributed by atoms with E-state index in [1.807, 2.05) is 35.8 Å². The number of pyridine rings is 1. The number of hydrogen-bond donors (Lipinski definition) is 1. The summed E-state index contributed by atoms with van der Waals surface area (Å²) in [5.41, 5.74) is 0.909. The first-order valence-corrected chi connectivity index (χ1v) is 6.93. The number of thioether (sulfide) groups is 1. The van der Waals surface area contributed by atoms with E-state index in [1.54, 1.807) is 11.8 Å². The van der Waals surface area contributed by atoms with Gasteiger partial charge in [0.05, 0.1) is 0 Å². The molecule has 1 N–H and O–H groups in total. The number of fused-ring (bicyclic) bond motifs is 1. The SMILES string of the molecule is CCCC(CSc1nnc2ccccn12)NC. The van der Waals surface area contributed by atoms with Crippen LogP contribution in [0, 0.1) is 0 Å². The molecule has 4 nitrogen and oxygen atoms in total. The van der Waals surface area contributed by atoms with Gasteiger partial charge in [-0.1, -0.05) is 31.2 Å². The molecule has 0 spiro atoms. The predicted octanol–water partition coefficient (Wildman–Crippen LogP) is 2.21. The minimum atomic E-state index is 0.543. The van der Waals surface area contributed by atoms with Gasteiger partial charge < -0.3 is 5.32 Å². The van der Waals surface area contributed by atoms with Crippen LogP contribution in [-0.4, -0.2) is 33.4 Å². The quantitative estimate of drug-likeness (QED) is 0.798. The number of nitrogens with one attached hydrogen (secondary N) is 1. The minimum absolute atomic E-state index is 0.543. The normalized spacial score (nSPS) is 13.1. The van der Waals surface area contributed by atoms with E-state index in [4.69, 9.17) is 0 Å². The van der Waals surface area contributed by atoms with Crippen molar-refractivity contribution in [2.45, 2.75) is 31.0 Å². The van der Waals surface area contributed by atoms with Gasteiger partial charge in [-0.15, -0.1) is 10.2 Å². The van der Waals surface area contributed by atoms with E-state index >= 15 is 0 Å². The molecule has 0 aliphatic carbocycles. The maximum atomic E-state index is 4.21. The lowest BCUT2D eigenvalue weighted by atomic mass is 10.2. The molecule has 0 fully saturated rings. The zero-order valence-corrected chi connectivity index (χ0v) is 11.1. The second kappa shape index (κ2) is 6.02. The van der Waals surface area contributed by atoms with Gasteiger partial charge in [-0.3, -0.25) is 4.40 Å². The van der Waals surface area contributed by atoms with Gasteiger partial charge in [-0.25, -0.2) is 0 Å². The Labute approximate surface area is 106 Å². The molecule has 5 heteroatoms. The van der Waals surface area contributed by atoms with Crippen LogP contribution in [0.15, 0.2) is 29.6 Å². The van der Waals surface area contributed by atoms with Crippen LogP contribution >= 0.6 is 11.8 Å². The van der Waals surface area contributed by atoms with Gasteiger partial charge in [0, 0.05) is 18.0 Å². The summed E-state index contributed by atoms with van der Waals surface area (Å²) in [5, 5.41) is 12.7. The number of hydrogen-bond acceptors (Lipinski definition) is 4. The van der Waals surface area contributed by atoms with Crippen LogP contribution in [-0.2, 0) is 0 Å². The minimum Gasteiger partial charge on any atom is -0.316 e. The van der Waals surface area contributed by atoms with E-state index < -0.39 is 0 Å². The summed E-state index contributed by atoms with van der Waals surface area (Å²) >= 11 is 1.76. The molecule has 2 aromatic heterocycles. The second-order valence-electron chi connectivity index (χ2n) is 4.00. The third-order valence-electron chi connectivity index (χ3n) is 2.74. The fourth-order valence-electron chi connectivity index (χ4n) is 1.75. The maximum Gasteiger partial charge on any atom is 0.195 e. The molecule has 2 aromatic rings. The zero-order valence-electron chi connectivity index (χ0n) is 10.3. The molecule has 1 atom stereocenters. The van der Waals surface area contributed by atoms with Crippen molar-refractivity contribution in [2.75, 3.05) is 12.8 Å². The van der Waals surface area contributed by atoms with Gasteiger partial charge in [0.15, 0.2) is 10.8 Å². The lowest BCUT2D eigenvalue weighted by molar-refractivity contribution is 0.564. The fourth-order valence-corrected chi connectivity index (χ4v) is 2.83. The zero-order chi connectivity index (χ0) is 12.1. The maximum absolute atomic E-state index is 4.21. The van der Waals surface area contributed by atoms with Crippen molar-refractivity contribution in [2.24, 2.45) is 0 Å². The second-order valence-corrected chi connectivity index (χ2v) is 4.98. The molecule has 0 saturated carbocycles. The van der Waals surface area contributed by atoms with E-state index in [0.717, 1.165) is 16.6 Å². The molecule has 92 valence electrons. The van der Waals surface area contributed by atoms with Gasteiger partial charge in [0.2, 0.25) is 0 Å². The predicted molar refractivity (Wildman–Crippen MR) is 71.5 cm³/mol. The highest BCUT2D eigenvalue weighted by atomic mass is 32.2. The Morgan fingerprint density at radius 2 is 2.29 bits per heavy atom. The van der Waals surface area contributed by atoms with Crippen LogP contribution in [0.1, 0.15) is 19.8 Å². The van der Waals surface area contributed by atoms with Crippen LogP contribution in [0.3, 0.4) is 0 Å². The molecule has 0 aromatic carbocycles. The lowest BCUT2D eigenvalue weighted by Gasteiger charge is -2.13. The van der Waals surface area contributed by atoms with E-state index in [1.165, 1.54) is 12.8 Å². The Balaban J connectivity index is 2.03. The summed E-state index contributed by atoms with van der Waals surface area (Å²) in [5.74, 6) is 1.03. The molecular formula is C12H18N4S. The third-order valence-corrected chi connectivity index (χ3v) is 3.85. The molecule has 0 aliphatic heterocycles. The molecule has 1 unspecified atom stereocenters. The van der Waals surface area contributed by atoms with Gasteiger partial charge in [-0.05, 0) is 25.6 Å². The van der Waals surface area contributed by atoms with Crippen molar-refractivity contribution in [3.63, 3.8) is 0 Å². The topological polar surface area (TPSA) is 42.2 Å². The highest BCUT2D eigenvalue weighted by Gasteiger charge is 2.09. The first kappa shape index (κ1) is 12.4. The molecule has 2 rings (SSSR count). The average molecular weight is 250 g/mol. The largest absolute Gasteiger partial charge is 0.316 e. The molecule has 2 heterocycles. The van der Waals surface area contributed by atoms with Gasteiger partial charge in [0.1, 0.15) is 0 Å². The molecule has 0 saturated heterocycles. The number of nitrogens with zero attached hydrogens (tertiary/aromatic N) is 3. The molecular weight excluding hydrogens is 232 g/mol. The van der Waals surface area contributed by atoms with Crippen molar-refractivity contribution in [1.29, 1.82) is 0 Å². The molecule has 0 radical (unpaired) electrons. The average Bonchev–Trinajstić information content (AvgIpc) is 2.78. The Hall–Kier alpha value is -1.07. The van der Waals surface area contributed by atoms with Crippen LogP contribution in [0.25, 0.3) is 5.65 Å². The fraction of sp³-hybridized carbons (Fsp3) is 0.500. The van der Waals surface area contributed by atoms with E-state index in [-0.39, 0.29) is 0 Å². The molecule has 0 amide bonds.